The van der Waals surface area contributed by atoms with Crippen molar-refractivity contribution >= 4 is 17.6 Å². The Labute approximate surface area is 148 Å². The maximum absolute atomic E-state index is 11.7. The quantitative estimate of drug-likeness (QED) is 0.588. The van der Waals surface area contributed by atoms with Crippen molar-refractivity contribution in [1.29, 1.82) is 0 Å². The van der Waals surface area contributed by atoms with E-state index >= 15 is 0 Å². The molecular weight excluding hydrogens is 316 g/mol. The van der Waals surface area contributed by atoms with Crippen LogP contribution in [0, 0.1) is 12.8 Å². The van der Waals surface area contributed by atoms with E-state index in [1.165, 1.54) is 0 Å². The molecule has 2 aromatic rings. The summed E-state index contributed by atoms with van der Waals surface area (Å²) in [6.45, 7) is 6.71. The number of carboxylic acids is 1. The third kappa shape index (κ3) is 5.11. The first kappa shape index (κ1) is 18.6. The highest BCUT2D eigenvalue weighted by Crippen LogP contribution is 2.26. The van der Waals surface area contributed by atoms with E-state index in [2.05, 4.69) is 13.8 Å². The lowest BCUT2D eigenvalue weighted by Gasteiger charge is -2.10. The number of rotatable bonds is 7. The molecule has 0 amide bonds. The van der Waals surface area contributed by atoms with Crippen molar-refractivity contribution in [2.75, 3.05) is 13.7 Å². The zero-order valence-electron chi connectivity index (χ0n) is 15.1. The third-order valence-corrected chi connectivity index (χ3v) is 3.73. The maximum atomic E-state index is 11.7. The summed E-state index contributed by atoms with van der Waals surface area (Å²) in [4.78, 5) is 11.7. The molecule has 0 radical (unpaired) electrons. The molecule has 25 heavy (non-hydrogen) atoms. The average molecular weight is 340 g/mol. The van der Waals surface area contributed by atoms with Crippen molar-refractivity contribution in [2.24, 2.45) is 5.92 Å². The van der Waals surface area contributed by atoms with Crippen LogP contribution in [0.1, 0.15) is 30.5 Å². The molecule has 2 rings (SSSR count). The molecule has 0 fully saturated rings. The van der Waals surface area contributed by atoms with Crippen molar-refractivity contribution in [1.82, 2.24) is 0 Å². The van der Waals surface area contributed by atoms with Gasteiger partial charge in [-0.05, 0) is 59.9 Å². The number of methoxy groups -OCH3 is 1. The molecule has 4 nitrogen and oxygen atoms in total. The molecule has 0 aromatic heterocycles. The van der Waals surface area contributed by atoms with E-state index in [9.17, 15) is 9.90 Å². The summed E-state index contributed by atoms with van der Waals surface area (Å²) >= 11 is 0. The van der Waals surface area contributed by atoms with Crippen LogP contribution in [-0.2, 0) is 4.79 Å². The zero-order chi connectivity index (χ0) is 18.4. The molecule has 1 N–H and O–H groups in total. The van der Waals surface area contributed by atoms with E-state index in [-0.39, 0.29) is 5.57 Å². The van der Waals surface area contributed by atoms with Gasteiger partial charge in [0.05, 0.1) is 19.3 Å². The van der Waals surface area contributed by atoms with Crippen LogP contribution in [0.15, 0.2) is 42.5 Å². The SMILES string of the molecule is COc1ccc(/C(=C/c2ccc(OCC(C)C)cc2)C(=O)O)c(C)c1. The van der Waals surface area contributed by atoms with E-state index < -0.39 is 5.97 Å². The number of carboxylic acid groups (broad SMARTS) is 1. The first-order valence-corrected chi connectivity index (χ1v) is 8.23. The number of hydrogen-bond acceptors (Lipinski definition) is 3. The summed E-state index contributed by atoms with van der Waals surface area (Å²) in [5.74, 6) is 0.977. The fourth-order valence-electron chi connectivity index (χ4n) is 2.41. The lowest BCUT2D eigenvalue weighted by Crippen LogP contribution is -2.04. The van der Waals surface area contributed by atoms with Gasteiger partial charge in [0.2, 0.25) is 0 Å². The highest BCUT2D eigenvalue weighted by Gasteiger charge is 2.13. The number of benzene rings is 2. The smallest absolute Gasteiger partial charge is 0.336 e. The van der Waals surface area contributed by atoms with E-state index in [1.807, 2.05) is 37.3 Å². The lowest BCUT2D eigenvalue weighted by atomic mass is 9.98. The van der Waals surface area contributed by atoms with Crippen LogP contribution in [0.2, 0.25) is 0 Å². The zero-order valence-corrected chi connectivity index (χ0v) is 15.1. The second kappa shape index (κ2) is 8.38. The standard InChI is InChI=1S/C21H24O4/c1-14(2)13-25-17-7-5-16(6-8-17)12-20(21(22)23)19-10-9-18(24-4)11-15(19)3/h5-12,14H,13H2,1-4H3,(H,22,23)/b20-12-. The number of ether oxygens (including phenoxy) is 2. The summed E-state index contributed by atoms with van der Waals surface area (Å²) in [6.07, 6.45) is 1.67. The molecule has 2 aromatic carbocycles. The van der Waals surface area contributed by atoms with Gasteiger partial charge >= 0.3 is 5.97 Å². The molecule has 0 saturated heterocycles. The van der Waals surface area contributed by atoms with Crippen LogP contribution >= 0.6 is 0 Å². The average Bonchev–Trinajstić information content (AvgIpc) is 2.59. The number of carbonyl (C=O) groups is 1. The molecule has 0 bridgehead atoms. The van der Waals surface area contributed by atoms with Crippen LogP contribution in [0.3, 0.4) is 0 Å². The molecule has 132 valence electrons. The molecule has 0 saturated carbocycles. The van der Waals surface area contributed by atoms with Crippen LogP contribution < -0.4 is 9.47 Å². The highest BCUT2D eigenvalue weighted by atomic mass is 16.5. The Morgan fingerprint density at radius 3 is 2.28 bits per heavy atom. The van der Waals surface area contributed by atoms with E-state index in [4.69, 9.17) is 9.47 Å². The minimum atomic E-state index is -0.964. The summed E-state index contributed by atoms with van der Waals surface area (Å²) < 4.78 is 10.8. The van der Waals surface area contributed by atoms with Crippen LogP contribution in [0.25, 0.3) is 11.6 Å². The van der Waals surface area contributed by atoms with Gasteiger partial charge in [0.25, 0.3) is 0 Å². The van der Waals surface area contributed by atoms with Crippen LogP contribution in [0.4, 0.5) is 0 Å². The normalized spacial score (nSPS) is 11.5. The molecule has 4 heteroatoms. The second-order valence-electron chi connectivity index (χ2n) is 6.32. The summed E-state index contributed by atoms with van der Waals surface area (Å²) in [5.41, 5.74) is 2.58. The Morgan fingerprint density at radius 1 is 1.12 bits per heavy atom. The third-order valence-electron chi connectivity index (χ3n) is 3.73. The van der Waals surface area contributed by atoms with Crippen LogP contribution in [-0.4, -0.2) is 24.8 Å². The van der Waals surface area contributed by atoms with Crippen molar-refractivity contribution in [3.63, 3.8) is 0 Å². The molecule has 0 unspecified atom stereocenters. The van der Waals surface area contributed by atoms with Gasteiger partial charge in [0.1, 0.15) is 11.5 Å². The largest absolute Gasteiger partial charge is 0.497 e. The van der Waals surface area contributed by atoms with Crippen molar-refractivity contribution in [3.05, 3.63) is 59.2 Å². The lowest BCUT2D eigenvalue weighted by molar-refractivity contribution is -0.130. The van der Waals surface area contributed by atoms with Gasteiger partial charge in [-0.15, -0.1) is 0 Å². The van der Waals surface area contributed by atoms with Crippen molar-refractivity contribution < 1.29 is 19.4 Å². The van der Waals surface area contributed by atoms with Crippen molar-refractivity contribution in [2.45, 2.75) is 20.8 Å². The minimum Gasteiger partial charge on any atom is -0.497 e. The number of aryl methyl sites for hydroxylation is 1. The van der Waals surface area contributed by atoms with Crippen molar-refractivity contribution in [3.8, 4) is 11.5 Å². The topological polar surface area (TPSA) is 55.8 Å². The fourth-order valence-corrected chi connectivity index (χ4v) is 2.41. The molecule has 0 atom stereocenters. The predicted octanol–water partition coefficient (Wildman–Crippen LogP) is 4.66. The Balaban J connectivity index is 2.29. The highest BCUT2D eigenvalue weighted by molar-refractivity contribution is 6.21. The van der Waals surface area contributed by atoms with Gasteiger partial charge in [0, 0.05) is 0 Å². The van der Waals surface area contributed by atoms with E-state index in [0.29, 0.717) is 23.8 Å². The second-order valence-corrected chi connectivity index (χ2v) is 6.32. The Morgan fingerprint density at radius 2 is 1.76 bits per heavy atom. The Hall–Kier alpha value is -2.75. The van der Waals surface area contributed by atoms with E-state index in [0.717, 1.165) is 16.9 Å². The molecule has 0 aliphatic carbocycles. The maximum Gasteiger partial charge on any atom is 0.336 e. The van der Waals surface area contributed by atoms with Gasteiger partial charge in [-0.1, -0.05) is 32.0 Å². The summed E-state index contributed by atoms with van der Waals surface area (Å²) in [6, 6.07) is 12.8. The van der Waals surface area contributed by atoms with Crippen LogP contribution in [0.5, 0.6) is 11.5 Å². The predicted molar refractivity (Wildman–Crippen MR) is 100 cm³/mol. The summed E-state index contributed by atoms with van der Waals surface area (Å²) in [5, 5.41) is 9.61. The molecule has 0 aliphatic heterocycles. The minimum absolute atomic E-state index is 0.246. The first-order chi connectivity index (χ1) is 11.9. The molecular formula is C21H24O4. The molecule has 0 aliphatic rings. The van der Waals surface area contributed by atoms with Gasteiger partial charge < -0.3 is 14.6 Å². The van der Waals surface area contributed by atoms with Gasteiger partial charge in [-0.25, -0.2) is 4.79 Å². The number of hydrogen-bond donors (Lipinski definition) is 1. The first-order valence-electron chi connectivity index (χ1n) is 8.23. The summed E-state index contributed by atoms with van der Waals surface area (Å²) in [7, 11) is 1.59. The van der Waals surface area contributed by atoms with Gasteiger partial charge in [0.15, 0.2) is 0 Å². The fraction of sp³-hybridized carbons (Fsp3) is 0.286. The Bertz CT molecular complexity index is 758. The monoisotopic (exact) mass is 340 g/mol. The molecule has 0 heterocycles. The van der Waals surface area contributed by atoms with Gasteiger partial charge in [-0.2, -0.15) is 0 Å². The van der Waals surface area contributed by atoms with Gasteiger partial charge in [-0.3, -0.25) is 0 Å². The number of aliphatic carboxylic acids is 1. The molecule has 0 spiro atoms. The van der Waals surface area contributed by atoms with E-state index in [1.54, 1.807) is 25.3 Å². The Kier molecular flexibility index (Phi) is 6.23.